The van der Waals surface area contributed by atoms with Crippen LogP contribution in [0.3, 0.4) is 0 Å². The highest BCUT2D eigenvalue weighted by Crippen LogP contribution is 2.17. The molecule has 0 aliphatic carbocycles. The summed E-state index contributed by atoms with van der Waals surface area (Å²) in [5, 5.41) is 3.31. The van der Waals surface area contributed by atoms with Crippen molar-refractivity contribution in [3.8, 4) is 0 Å². The monoisotopic (exact) mass is 266 g/mol. The van der Waals surface area contributed by atoms with Crippen molar-refractivity contribution in [1.29, 1.82) is 0 Å². The molecule has 0 saturated carbocycles. The quantitative estimate of drug-likeness (QED) is 0.821. The minimum atomic E-state index is 0.683. The molecule has 19 heavy (non-hydrogen) atoms. The first-order chi connectivity index (χ1) is 9.29. The molecule has 1 aromatic rings. The van der Waals surface area contributed by atoms with Gasteiger partial charge in [-0.2, -0.15) is 0 Å². The van der Waals surface area contributed by atoms with Crippen molar-refractivity contribution in [3.63, 3.8) is 0 Å². The van der Waals surface area contributed by atoms with E-state index in [0.717, 1.165) is 45.2 Å². The molecule has 0 spiro atoms. The zero-order valence-electron chi connectivity index (χ0n) is 12.2. The molecule has 4 heteroatoms. The van der Waals surface area contributed by atoms with Gasteiger partial charge in [0.15, 0.2) is 0 Å². The van der Waals surface area contributed by atoms with Crippen molar-refractivity contribution < 1.29 is 9.15 Å². The second-order valence-electron chi connectivity index (χ2n) is 5.43. The number of hydrogen-bond acceptors (Lipinski definition) is 4. The first kappa shape index (κ1) is 14.6. The van der Waals surface area contributed by atoms with Gasteiger partial charge in [-0.1, -0.05) is 6.92 Å². The molecule has 1 saturated heterocycles. The molecule has 1 N–H and O–H groups in total. The molecule has 1 aliphatic rings. The third-order valence-corrected chi connectivity index (χ3v) is 3.64. The van der Waals surface area contributed by atoms with Crippen LogP contribution in [0.15, 0.2) is 16.7 Å². The van der Waals surface area contributed by atoms with Gasteiger partial charge in [0.05, 0.1) is 19.4 Å². The average Bonchev–Trinajstić information content (AvgIpc) is 2.84. The van der Waals surface area contributed by atoms with E-state index in [1.807, 2.05) is 0 Å². The zero-order valence-corrected chi connectivity index (χ0v) is 12.2. The maximum atomic E-state index is 5.54. The number of ether oxygens (including phenoxy) is 1. The lowest BCUT2D eigenvalue weighted by molar-refractivity contribution is 0.0411. The molecule has 1 atom stereocenters. The molecule has 0 bridgehead atoms. The molecular formula is C15H26N2O2. The Morgan fingerprint density at radius 3 is 3.11 bits per heavy atom. The number of furan rings is 1. The Kier molecular flexibility index (Phi) is 5.89. The van der Waals surface area contributed by atoms with E-state index in [9.17, 15) is 0 Å². The Bertz CT molecular complexity index is 359. The Morgan fingerprint density at radius 2 is 2.37 bits per heavy atom. The van der Waals surface area contributed by atoms with E-state index < -0.39 is 0 Å². The Labute approximate surface area is 116 Å². The summed E-state index contributed by atoms with van der Waals surface area (Å²) in [7, 11) is 2.18. The molecule has 1 fully saturated rings. The largest absolute Gasteiger partial charge is 0.468 e. The van der Waals surface area contributed by atoms with E-state index in [1.165, 1.54) is 18.4 Å². The van der Waals surface area contributed by atoms with Crippen LogP contribution in [0.2, 0.25) is 0 Å². The van der Waals surface area contributed by atoms with Gasteiger partial charge in [0.1, 0.15) is 5.76 Å². The van der Waals surface area contributed by atoms with Crippen LogP contribution in [0.4, 0.5) is 0 Å². The minimum absolute atomic E-state index is 0.683. The van der Waals surface area contributed by atoms with Crippen molar-refractivity contribution in [2.45, 2.75) is 32.9 Å². The fraction of sp³-hybridized carbons (Fsp3) is 0.733. The van der Waals surface area contributed by atoms with Gasteiger partial charge >= 0.3 is 0 Å². The lowest BCUT2D eigenvalue weighted by Crippen LogP contribution is -2.30. The molecular weight excluding hydrogens is 240 g/mol. The number of nitrogens with zero attached hydrogens (tertiary/aromatic N) is 1. The van der Waals surface area contributed by atoms with Crippen molar-refractivity contribution in [2.24, 2.45) is 5.92 Å². The molecule has 4 nitrogen and oxygen atoms in total. The van der Waals surface area contributed by atoms with Gasteiger partial charge in [-0.05, 0) is 38.4 Å². The molecule has 0 aromatic carbocycles. The Morgan fingerprint density at radius 1 is 1.47 bits per heavy atom. The minimum Gasteiger partial charge on any atom is -0.468 e. The molecule has 1 aliphatic heterocycles. The van der Waals surface area contributed by atoms with Gasteiger partial charge in [0, 0.05) is 25.3 Å². The van der Waals surface area contributed by atoms with E-state index in [1.54, 1.807) is 6.26 Å². The standard InChI is InChI=1S/C15H26N2O2/c1-3-16-9-15-14(6-8-19-15)11-17(2)10-13-5-4-7-18-12-13/h6,8,13,16H,3-5,7,9-12H2,1-2H3. The van der Waals surface area contributed by atoms with Crippen LogP contribution < -0.4 is 5.32 Å². The fourth-order valence-electron chi connectivity index (χ4n) is 2.65. The predicted octanol–water partition coefficient (Wildman–Crippen LogP) is 2.25. The van der Waals surface area contributed by atoms with Crippen LogP contribution in [0.1, 0.15) is 31.1 Å². The molecule has 2 heterocycles. The van der Waals surface area contributed by atoms with Crippen molar-refractivity contribution >= 4 is 0 Å². The van der Waals surface area contributed by atoms with Crippen molar-refractivity contribution in [3.05, 3.63) is 23.7 Å². The van der Waals surface area contributed by atoms with Crippen LogP contribution in [0.5, 0.6) is 0 Å². The predicted molar refractivity (Wildman–Crippen MR) is 76.0 cm³/mol. The highest BCUT2D eigenvalue weighted by Gasteiger charge is 2.17. The lowest BCUT2D eigenvalue weighted by Gasteiger charge is -2.27. The van der Waals surface area contributed by atoms with E-state index >= 15 is 0 Å². The first-order valence-corrected chi connectivity index (χ1v) is 7.31. The van der Waals surface area contributed by atoms with Crippen LogP contribution in [-0.2, 0) is 17.8 Å². The summed E-state index contributed by atoms with van der Waals surface area (Å²) in [5.74, 6) is 1.75. The third-order valence-electron chi connectivity index (χ3n) is 3.64. The molecule has 1 unspecified atom stereocenters. The van der Waals surface area contributed by atoms with Gasteiger partial charge in [-0.15, -0.1) is 0 Å². The van der Waals surface area contributed by atoms with E-state index in [0.29, 0.717) is 5.92 Å². The first-order valence-electron chi connectivity index (χ1n) is 7.31. The van der Waals surface area contributed by atoms with Crippen molar-refractivity contribution in [1.82, 2.24) is 10.2 Å². The van der Waals surface area contributed by atoms with Gasteiger partial charge in [0.25, 0.3) is 0 Å². The SMILES string of the molecule is CCNCc1occc1CN(C)CC1CCCOC1. The normalized spacial score (nSPS) is 20.1. The summed E-state index contributed by atoms with van der Waals surface area (Å²) >= 11 is 0. The summed E-state index contributed by atoms with van der Waals surface area (Å²) in [6, 6.07) is 2.08. The second-order valence-corrected chi connectivity index (χ2v) is 5.43. The topological polar surface area (TPSA) is 37.6 Å². The van der Waals surface area contributed by atoms with Crippen LogP contribution in [-0.4, -0.2) is 38.3 Å². The van der Waals surface area contributed by atoms with E-state index in [4.69, 9.17) is 9.15 Å². The molecule has 108 valence electrons. The summed E-state index contributed by atoms with van der Waals surface area (Å²) in [6.07, 6.45) is 4.29. The zero-order chi connectivity index (χ0) is 13.5. The van der Waals surface area contributed by atoms with Gasteiger partial charge < -0.3 is 19.4 Å². The third kappa shape index (κ3) is 4.64. The molecule has 0 amide bonds. The highest BCUT2D eigenvalue weighted by molar-refractivity contribution is 5.16. The second kappa shape index (κ2) is 7.68. The van der Waals surface area contributed by atoms with Crippen molar-refractivity contribution in [2.75, 3.05) is 33.4 Å². The van der Waals surface area contributed by atoms with E-state index in [-0.39, 0.29) is 0 Å². The average molecular weight is 266 g/mol. The fourth-order valence-corrected chi connectivity index (χ4v) is 2.65. The van der Waals surface area contributed by atoms with Crippen LogP contribution >= 0.6 is 0 Å². The molecule has 0 radical (unpaired) electrons. The van der Waals surface area contributed by atoms with Crippen LogP contribution in [0.25, 0.3) is 0 Å². The lowest BCUT2D eigenvalue weighted by atomic mass is 10.0. The number of nitrogens with one attached hydrogen (secondary N) is 1. The Hall–Kier alpha value is -0.840. The smallest absolute Gasteiger partial charge is 0.122 e. The highest BCUT2D eigenvalue weighted by atomic mass is 16.5. The van der Waals surface area contributed by atoms with Crippen LogP contribution in [0, 0.1) is 5.92 Å². The maximum Gasteiger partial charge on any atom is 0.122 e. The number of rotatable bonds is 7. The van der Waals surface area contributed by atoms with Gasteiger partial charge in [-0.3, -0.25) is 0 Å². The molecule has 2 rings (SSSR count). The number of hydrogen-bond donors (Lipinski definition) is 1. The summed E-state index contributed by atoms with van der Waals surface area (Å²) in [4.78, 5) is 2.37. The maximum absolute atomic E-state index is 5.54. The summed E-state index contributed by atoms with van der Waals surface area (Å²) in [6.45, 7) is 7.81. The summed E-state index contributed by atoms with van der Waals surface area (Å²) in [5.41, 5.74) is 1.29. The van der Waals surface area contributed by atoms with Gasteiger partial charge in [-0.25, -0.2) is 0 Å². The van der Waals surface area contributed by atoms with E-state index in [2.05, 4.69) is 30.3 Å². The summed E-state index contributed by atoms with van der Waals surface area (Å²) < 4.78 is 11.1. The van der Waals surface area contributed by atoms with Gasteiger partial charge in [0.2, 0.25) is 0 Å². The Balaban J connectivity index is 1.80. The molecule has 1 aromatic heterocycles.